The maximum absolute atomic E-state index is 12.9. The summed E-state index contributed by atoms with van der Waals surface area (Å²) in [6.07, 6.45) is 3.26. The van der Waals surface area contributed by atoms with Crippen LogP contribution in [0.2, 0.25) is 4.34 Å². The molecule has 3 atom stereocenters. The number of rotatable bonds is 5. The third kappa shape index (κ3) is 4.91. The van der Waals surface area contributed by atoms with Crippen LogP contribution in [0.3, 0.4) is 0 Å². The fourth-order valence-corrected chi connectivity index (χ4v) is 5.17. The Morgan fingerprint density at radius 1 is 1.19 bits per heavy atom. The molecule has 0 spiro atoms. The van der Waals surface area contributed by atoms with Gasteiger partial charge < -0.3 is 10.1 Å². The number of fused-ring (bicyclic) bond motifs is 1. The molecule has 0 unspecified atom stereocenters. The first-order chi connectivity index (χ1) is 14.9. The average molecular weight is 457 g/mol. The molecule has 4 rings (SSSR count). The number of hydrogen-bond acceptors (Lipinski definition) is 5. The zero-order valence-corrected chi connectivity index (χ0v) is 19.1. The molecule has 162 valence electrons. The average Bonchev–Trinajstić information content (AvgIpc) is 3.21. The molecule has 0 bridgehead atoms. The van der Waals surface area contributed by atoms with Crippen molar-refractivity contribution in [2.24, 2.45) is 11.8 Å². The first-order valence-corrected chi connectivity index (χ1v) is 11.7. The van der Waals surface area contributed by atoms with Crippen LogP contribution < -0.4 is 5.32 Å². The largest absolute Gasteiger partial charge is 0.452 e. The lowest BCUT2D eigenvalue weighted by atomic mass is 9.78. The van der Waals surface area contributed by atoms with E-state index >= 15 is 0 Å². The molecule has 7 heteroatoms. The van der Waals surface area contributed by atoms with Gasteiger partial charge in [-0.25, -0.2) is 9.78 Å². The summed E-state index contributed by atoms with van der Waals surface area (Å²) in [7, 11) is 0. The first kappa shape index (κ1) is 21.8. The number of esters is 1. The molecule has 1 aromatic carbocycles. The molecule has 5 nitrogen and oxygen atoms in total. The number of carbonyl (C=O) groups excluding carboxylic acids is 2. The van der Waals surface area contributed by atoms with E-state index in [0.717, 1.165) is 17.7 Å². The molecule has 31 heavy (non-hydrogen) atoms. The van der Waals surface area contributed by atoms with Crippen molar-refractivity contribution in [1.29, 1.82) is 0 Å². The van der Waals surface area contributed by atoms with Crippen molar-refractivity contribution in [3.05, 3.63) is 52.4 Å². The molecule has 2 heterocycles. The van der Waals surface area contributed by atoms with Gasteiger partial charge in [0, 0.05) is 11.4 Å². The first-order valence-electron chi connectivity index (χ1n) is 10.5. The normalized spacial score (nSPS) is 21.1. The summed E-state index contributed by atoms with van der Waals surface area (Å²) in [5.74, 6) is 0.192. The van der Waals surface area contributed by atoms with E-state index in [2.05, 4.69) is 24.1 Å². The van der Waals surface area contributed by atoms with Crippen LogP contribution in [-0.4, -0.2) is 29.5 Å². The van der Waals surface area contributed by atoms with Gasteiger partial charge in [-0.1, -0.05) is 56.5 Å². The highest BCUT2D eigenvalue weighted by atomic mass is 35.5. The Bertz CT molecular complexity index is 1110. The van der Waals surface area contributed by atoms with Crippen molar-refractivity contribution in [3.63, 3.8) is 0 Å². The standard InChI is InChI=1S/C24H25ClN2O3S/c1-14-6-5-9-18(15(14)2)27-23(28)13-30-24(29)17-12-20(21-10-11-22(25)31-21)26-19-8-4-3-7-16(17)19/h3-4,7-8,10-12,14-15,18H,5-6,9,13H2,1-2H3,(H,27,28)/t14-,15+,18+/m1/s1. The van der Waals surface area contributed by atoms with Crippen LogP contribution in [0, 0.1) is 11.8 Å². The monoisotopic (exact) mass is 456 g/mol. The van der Waals surface area contributed by atoms with E-state index in [-0.39, 0.29) is 18.6 Å². The lowest BCUT2D eigenvalue weighted by molar-refractivity contribution is -0.125. The molecule has 1 N–H and O–H groups in total. The van der Waals surface area contributed by atoms with Crippen molar-refractivity contribution in [3.8, 4) is 10.6 Å². The van der Waals surface area contributed by atoms with Crippen molar-refractivity contribution in [2.45, 2.75) is 39.2 Å². The van der Waals surface area contributed by atoms with Crippen LogP contribution in [0.25, 0.3) is 21.5 Å². The molecule has 1 aliphatic carbocycles. The predicted molar refractivity (Wildman–Crippen MR) is 124 cm³/mol. The molecule has 2 aromatic heterocycles. The van der Waals surface area contributed by atoms with Gasteiger partial charge in [0.05, 0.1) is 26.0 Å². The Hall–Kier alpha value is -2.44. The van der Waals surface area contributed by atoms with Crippen LogP contribution >= 0.6 is 22.9 Å². The van der Waals surface area contributed by atoms with Gasteiger partial charge in [0.15, 0.2) is 6.61 Å². The number of carbonyl (C=O) groups is 2. The summed E-state index contributed by atoms with van der Waals surface area (Å²) < 4.78 is 6.05. The number of amides is 1. The van der Waals surface area contributed by atoms with Crippen LogP contribution in [-0.2, 0) is 9.53 Å². The van der Waals surface area contributed by atoms with Gasteiger partial charge in [0.2, 0.25) is 0 Å². The third-order valence-corrected chi connectivity index (χ3v) is 7.40. The van der Waals surface area contributed by atoms with Gasteiger partial charge in [-0.05, 0) is 42.5 Å². The van der Waals surface area contributed by atoms with E-state index < -0.39 is 5.97 Å². The number of hydrogen-bond donors (Lipinski definition) is 1. The lowest BCUT2D eigenvalue weighted by Crippen LogP contribution is -2.45. The zero-order valence-electron chi connectivity index (χ0n) is 17.6. The number of pyridine rings is 1. The van der Waals surface area contributed by atoms with Gasteiger partial charge in [-0.3, -0.25) is 4.79 Å². The molecule has 3 aromatic rings. The minimum Gasteiger partial charge on any atom is -0.452 e. The number of ether oxygens (including phenoxy) is 1. The maximum atomic E-state index is 12.9. The number of para-hydroxylation sites is 1. The molecule has 0 aliphatic heterocycles. The lowest BCUT2D eigenvalue weighted by Gasteiger charge is -2.34. The van der Waals surface area contributed by atoms with E-state index in [1.54, 1.807) is 12.1 Å². The van der Waals surface area contributed by atoms with E-state index in [1.165, 1.54) is 17.8 Å². The fraction of sp³-hybridized carbons (Fsp3) is 0.375. The minimum atomic E-state index is -0.539. The van der Waals surface area contributed by atoms with E-state index in [1.807, 2.05) is 30.3 Å². The second-order valence-electron chi connectivity index (χ2n) is 8.19. The Morgan fingerprint density at radius 2 is 2.00 bits per heavy atom. The molecular weight excluding hydrogens is 432 g/mol. The van der Waals surface area contributed by atoms with Crippen LogP contribution in [0.15, 0.2) is 42.5 Å². The summed E-state index contributed by atoms with van der Waals surface area (Å²) in [5.41, 5.74) is 1.72. The Balaban J connectivity index is 1.50. The number of benzene rings is 1. The Morgan fingerprint density at radius 3 is 2.77 bits per heavy atom. The van der Waals surface area contributed by atoms with Crippen LogP contribution in [0.4, 0.5) is 0 Å². The number of aromatic nitrogens is 1. The van der Waals surface area contributed by atoms with Crippen molar-refractivity contribution < 1.29 is 14.3 Å². The summed E-state index contributed by atoms with van der Waals surface area (Å²) in [6, 6.07) is 12.9. The van der Waals surface area contributed by atoms with Gasteiger partial charge >= 0.3 is 5.97 Å². The second kappa shape index (κ2) is 9.37. The maximum Gasteiger partial charge on any atom is 0.339 e. The summed E-state index contributed by atoms with van der Waals surface area (Å²) >= 11 is 7.46. The third-order valence-electron chi connectivity index (χ3n) is 6.15. The molecule has 0 saturated heterocycles. The van der Waals surface area contributed by atoms with Gasteiger partial charge in [0.1, 0.15) is 0 Å². The topological polar surface area (TPSA) is 68.3 Å². The number of nitrogens with one attached hydrogen (secondary N) is 1. The summed E-state index contributed by atoms with van der Waals surface area (Å²) in [5, 5.41) is 3.73. The fourth-order valence-electron chi connectivity index (χ4n) is 4.17. The molecular formula is C24H25ClN2O3S. The highest BCUT2D eigenvalue weighted by Gasteiger charge is 2.28. The van der Waals surface area contributed by atoms with Crippen molar-refractivity contribution in [2.75, 3.05) is 6.61 Å². The quantitative estimate of drug-likeness (QED) is 0.499. The van der Waals surface area contributed by atoms with Crippen molar-refractivity contribution in [1.82, 2.24) is 10.3 Å². The van der Waals surface area contributed by atoms with Gasteiger partial charge in [-0.15, -0.1) is 11.3 Å². The smallest absolute Gasteiger partial charge is 0.339 e. The van der Waals surface area contributed by atoms with E-state index in [9.17, 15) is 9.59 Å². The van der Waals surface area contributed by atoms with Crippen LogP contribution in [0.1, 0.15) is 43.5 Å². The predicted octanol–water partition coefficient (Wildman–Crippen LogP) is 5.71. The van der Waals surface area contributed by atoms with Crippen LogP contribution in [0.5, 0.6) is 0 Å². The highest BCUT2D eigenvalue weighted by molar-refractivity contribution is 7.19. The highest BCUT2D eigenvalue weighted by Crippen LogP contribution is 2.32. The molecule has 0 radical (unpaired) electrons. The van der Waals surface area contributed by atoms with Gasteiger partial charge in [-0.2, -0.15) is 0 Å². The van der Waals surface area contributed by atoms with E-state index in [0.29, 0.717) is 38.3 Å². The Labute approximate surface area is 190 Å². The molecule has 1 amide bonds. The number of thiophene rings is 1. The summed E-state index contributed by atoms with van der Waals surface area (Å²) in [4.78, 5) is 30.9. The Kier molecular flexibility index (Phi) is 6.58. The molecule has 1 fully saturated rings. The zero-order chi connectivity index (χ0) is 22.0. The molecule has 1 aliphatic rings. The van der Waals surface area contributed by atoms with Crippen molar-refractivity contribution >= 4 is 45.7 Å². The van der Waals surface area contributed by atoms with Gasteiger partial charge in [0.25, 0.3) is 5.91 Å². The number of nitrogens with zero attached hydrogens (tertiary/aromatic N) is 1. The second-order valence-corrected chi connectivity index (χ2v) is 9.91. The number of halogens is 1. The summed E-state index contributed by atoms with van der Waals surface area (Å²) in [6.45, 7) is 4.09. The minimum absolute atomic E-state index is 0.131. The molecule has 1 saturated carbocycles. The van der Waals surface area contributed by atoms with E-state index in [4.69, 9.17) is 16.3 Å². The SMILES string of the molecule is C[C@H]1[C@H](C)CCC[C@@H]1NC(=O)COC(=O)c1cc(-c2ccc(Cl)s2)nc2ccccc12.